The van der Waals surface area contributed by atoms with Gasteiger partial charge in [0.05, 0.1) is 12.2 Å². The van der Waals surface area contributed by atoms with E-state index >= 15 is 0 Å². The van der Waals surface area contributed by atoms with Crippen LogP contribution < -0.4 is 14.9 Å². The van der Waals surface area contributed by atoms with Crippen molar-refractivity contribution in [2.45, 2.75) is 39.1 Å². The van der Waals surface area contributed by atoms with E-state index in [9.17, 15) is 18.0 Å². The number of aromatic nitrogens is 1. The Hall–Kier alpha value is -2.86. The van der Waals surface area contributed by atoms with Gasteiger partial charge in [-0.1, -0.05) is 23.7 Å². The highest BCUT2D eigenvalue weighted by atomic mass is 35.5. The van der Waals surface area contributed by atoms with Crippen molar-refractivity contribution >= 4 is 28.8 Å². The molecule has 0 saturated carbocycles. The molecule has 1 amide bonds. The molecule has 0 spiro atoms. The topological polar surface area (TPSA) is 85.1 Å². The van der Waals surface area contributed by atoms with Crippen LogP contribution >= 0.6 is 22.9 Å². The number of nitrogens with one attached hydrogen (secondary N) is 1. The number of amides is 1. The van der Waals surface area contributed by atoms with Gasteiger partial charge in [0, 0.05) is 23.5 Å². The standard InChI is InChI=1S/C24H25ClF3N3O4S/c1-16(32)34-14-22(33)29-11-2-12-31-21(18-5-9-20(10-6-18)35-24(26,27)28)15-36-23(31)30-13-17-3-7-19(25)8-4-17/h3-10,15-16,32H,2,11-14H2,1H3,(H,29,33). The lowest BCUT2D eigenvalue weighted by Crippen LogP contribution is -2.31. The molecule has 0 bridgehead atoms. The first kappa shape index (κ1) is 27.7. The summed E-state index contributed by atoms with van der Waals surface area (Å²) in [7, 11) is 0. The third-order valence-electron chi connectivity index (χ3n) is 4.83. The summed E-state index contributed by atoms with van der Waals surface area (Å²) in [5.41, 5.74) is 2.44. The predicted octanol–water partition coefficient (Wildman–Crippen LogP) is 4.73. The molecule has 1 atom stereocenters. The van der Waals surface area contributed by atoms with Crippen molar-refractivity contribution in [1.29, 1.82) is 0 Å². The van der Waals surface area contributed by atoms with E-state index in [0.29, 0.717) is 36.6 Å². The third-order valence-corrected chi connectivity index (χ3v) is 5.98. The minimum atomic E-state index is -4.76. The molecular formula is C24H25ClF3N3O4S. The fourth-order valence-electron chi connectivity index (χ4n) is 3.19. The summed E-state index contributed by atoms with van der Waals surface area (Å²) in [5, 5.41) is 14.3. The van der Waals surface area contributed by atoms with Crippen molar-refractivity contribution in [3.8, 4) is 17.0 Å². The van der Waals surface area contributed by atoms with Crippen LogP contribution in [0.4, 0.5) is 13.2 Å². The zero-order chi connectivity index (χ0) is 26.1. The van der Waals surface area contributed by atoms with E-state index in [0.717, 1.165) is 16.1 Å². The van der Waals surface area contributed by atoms with Gasteiger partial charge in [-0.15, -0.1) is 24.5 Å². The van der Waals surface area contributed by atoms with Gasteiger partial charge in [0.25, 0.3) is 0 Å². The molecule has 0 aliphatic carbocycles. The second kappa shape index (κ2) is 12.9. The summed E-state index contributed by atoms with van der Waals surface area (Å²) in [5.74, 6) is -0.651. The second-order valence-corrected chi connectivity index (χ2v) is 8.96. The van der Waals surface area contributed by atoms with Crippen LogP contribution in [0.15, 0.2) is 58.9 Å². The molecule has 7 nitrogen and oxygen atoms in total. The maximum Gasteiger partial charge on any atom is 0.573 e. The number of rotatable bonds is 11. The Bertz CT molecular complexity index is 1190. The van der Waals surface area contributed by atoms with E-state index < -0.39 is 12.7 Å². The molecule has 194 valence electrons. The summed E-state index contributed by atoms with van der Waals surface area (Å²) < 4.78 is 48.3. The van der Waals surface area contributed by atoms with Gasteiger partial charge in [-0.3, -0.25) is 9.79 Å². The molecule has 1 aromatic heterocycles. The second-order valence-electron chi connectivity index (χ2n) is 7.68. The number of benzene rings is 2. The molecule has 0 radical (unpaired) electrons. The number of carbonyl (C=O) groups is 1. The Labute approximate surface area is 214 Å². The summed E-state index contributed by atoms with van der Waals surface area (Å²) in [4.78, 5) is 17.2. The molecule has 0 fully saturated rings. The minimum Gasteiger partial charge on any atom is -0.406 e. The maximum atomic E-state index is 12.5. The average molecular weight is 544 g/mol. The van der Waals surface area contributed by atoms with Crippen molar-refractivity contribution in [3.63, 3.8) is 0 Å². The number of halogens is 4. The molecule has 0 aliphatic rings. The number of hydrogen-bond donors (Lipinski definition) is 2. The molecule has 0 saturated heterocycles. The molecular weight excluding hydrogens is 519 g/mol. The van der Waals surface area contributed by atoms with E-state index in [1.165, 1.54) is 30.4 Å². The zero-order valence-electron chi connectivity index (χ0n) is 19.3. The maximum absolute atomic E-state index is 12.5. The molecule has 2 aromatic carbocycles. The average Bonchev–Trinajstić information content (AvgIpc) is 3.22. The van der Waals surface area contributed by atoms with Gasteiger partial charge in [-0.2, -0.15) is 0 Å². The van der Waals surface area contributed by atoms with Gasteiger partial charge in [-0.25, -0.2) is 0 Å². The summed E-state index contributed by atoms with van der Waals surface area (Å²) in [6.07, 6.45) is -5.23. The number of carbonyl (C=O) groups excluding carboxylic acids is 1. The van der Waals surface area contributed by atoms with Gasteiger partial charge in [0.1, 0.15) is 12.4 Å². The Balaban J connectivity index is 1.77. The Morgan fingerprint density at radius 2 is 1.89 bits per heavy atom. The van der Waals surface area contributed by atoms with Crippen LogP contribution in [0.3, 0.4) is 0 Å². The van der Waals surface area contributed by atoms with Gasteiger partial charge < -0.3 is 24.5 Å². The molecule has 36 heavy (non-hydrogen) atoms. The number of ether oxygens (including phenoxy) is 2. The highest BCUT2D eigenvalue weighted by Crippen LogP contribution is 2.27. The van der Waals surface area contributed by atoms with Crippen LogP contribution in [-0.2, 0) is 22.6 Å². The van der Waals surface area contributed by atoms with E-state index in [4.69, 9.17) is 26.4 Å². The first-order valence-corrected chi connectivity index (χ1v) is 12.2. The first-order chi connectivity index (χ1) is 17.1. The highest BCUT2D eigenvalue weighted by Gasteiger charge is 2.31. The van der Waals surface area contributed by atoms with E-state index in [1.807, 2.05) is 22.1 Å². The number of hydrogen-bond acceptors (Lipinski definition) is 6. The van der Waals surface area contributed by atoms with Crippen LogP contribution in [0.25, 0.3) is 11.3 Å². The Morgan fingerprint density at radius 3 is 2.53 bits per heavy atom. The highest BCUT2D eigenvalue weighted by molar-refractivity contribution is 7.07. The number of thiazole rings is 1. The van der Waals surface area contributed by atoms with Crippen LogP contribution in [-0.4, -0.2) is 41.4 Å². The summed E-state index contributed by atoms with van der Waals surface area (Å²) >= 11 is 7.35. The van der Waals surface area contributed by atoms with Crippen LogP contribution in [0.2, 0.25) is 5.02 Å². The van der Waals surface area contributed by atoms with Crippen molar-refractivity contribution in [1.82, 2.24) is 9.88 Å². The lowest BCUT2D eigenvalue weighted by Gasteiger charge is -2.12. The summed E-state index contributed by atoms with van der Waals surface area (Å²) in [6.45, 7) is 2.44. The SMILES string of the molecule is CC(O)OCC(=O)NCCCn1c(-c2ccc(OC(F)(F)F)cc2)csc1=NCc1ccc(Cl)cc1. The van der Waals surface area contributed by atoms with Crippen molar-refractivity contribution in [2.75, 3.05) is 13.2 Å². The smallest absolute Gasteiger partial charge is 0.406 e. The van der Waals surface area contributed by atoms with Crippen LogP contribution in [0.1, 0.15) is 18.9 Å². The van der Waals surface area contributed by atoms with E-state index in [-0.39, 0.29) is 18.3 Å². The van der Waals surface area contributed by atoms with Crippen LogP contribution in [0.5, 0.6) is 5.75 Å². The molecule has 0 aliphatic heterocycles. The molecule has 1 heterocycles. The number of nitrogens with zero attached hydrogens (tertiary/aromatic N) is 2. The van der Waals surface area contributed by atoms with Gasteiger partial charge in [0.15, 0.2) is 11.1 Å². The van der Waals surface area contributed by atoms with Crippen molar-refractivity contribution in [3.05, 3.63) is 69.3 Å². The van der Waals surface area contributed by atoms with E-state index in [1.54, 1.807) is 24.3 Å². The largest absolute Gasteiger partial charge is 0.573 e. The first-order valence-electron chi connectivity index (χ1n) is 11.0. The fourth-order valence-corrected chi connectivity index (χ4v) is 4.25. The molecule has 12 heteroatoms. The zero-order valence-corrected chi connectivity index (χ0v) is 20.9. The van der Waals surface area contributed by atoms with E-state index in [2.05, 4.69) is 10.1 Å². The molecule has 2 N–H and O–H groups in total. The molecule has 3 rings (SSSR count). The number of aliphatic hydroxyl groups is 1. The Kier molecular flexibility index (Phi) is 9.94. The van der Waals surface area contributed by atoms with Crippen LogP contribution in [0, 0.1) is 0 Å². The van der Waals surface area contributed by atoms with Gasteiger partial charge in [-0.05, 0) is 60.9 Å². The third kappa shape index (κ3) is 8.98. The van der Waals surface area contributed by atoms with Crippen molar-refractivity contribution in [2.24, 2.45) is 4.99 Å². The summed E-state index contributed by atoms with van der Waals surface area (Å²) in [6, 6.07) is 13.0. The monoisotopic (exact) mass is 543 g/mol. The minimum absolute atomic E-state index is 0.247. The van der Waals surface area contributed by atoms with Gasteiger partial charge >= 0.3 is 6.36 Å². The number of alkyl halides is 3. The fraction of sp³-hybridized carbons (Fsp3) is 0.333. The normalized spacial score (nSPS) is 13.0. The Morgan fingerprint density at radius 1 is 1.19 bits per heavy atom. The lowest BCUT2D eigenvalue weighted by atomic mass is 10.1. The van der Waals surface area contributed by atoms with Crippen molar-refractivity contribution < 1.29 is 32.5 Å². The molecule has 1 unspecified atom stereocenters. The lowest BCUT2D eigenvalue weighted by molar-refractivity contribution is -0.274. The van der Waals surface area contributed by atoms with Gasteiger partial charge in [0.2, 0.25) is 5.91 Å². The predicted molar refractivity (Wildman–Crippen MR) is 130 cm³/mol. The quantitative estimate of drug-likeness (QED) is 0.270. The molecule has 3 aromatic rings. The number of aliphatic hydroxyl groups excluding tert-OH is 1.